The molecule has 0 spiro atoms. The number of hydrogen-bond acceptors (Lipinski definition) is 6. The average molecular weight is 488 g/mol. The van der Waals surface area contributed by atoms with Crippen molar-refractivity contribution < 1.29 is 22.7 Å². The number of piperazine rings is 1. The maximum atomic E-state index is 12.6. The number of primary amides is 1. The Kier molecular flexibility index (Phi) is 6.38. The van der Waals surface area contributed by atoms with Crippen LogP contribution in [0, 0.1) is 0 Å². The van der Waals surface area contributed by atoms with Gasteiger partial charge in [-0.3, -0.25) is 9.59 Å². The molecular formula is C17H18BrN3O5S2. The second-order valence-electron chi connectivity index (χ2n) is 6.02. The average Bonchev–Trinajstić information content (AvgIpc) is 3.13. The summed E-state index contributed by atoms with van der Waals surface area (Å²) in [6, 6.07) is 9.45. The van der Waals surface area contributed by atoms with Gasteiger partial charge in [-0.2, -0.15) is 4.31 Å². The van der Waals surface area contributed by atoms with Gasteiger partial charge in [0.25, 0.3) is 15.9 Å². The van der Waals surface area contributed by atoms with Gasteiger partial charge in [0, 0.05) is 31.7 Å². The lowest BCUT2D eigenvalue weighted by atomic mass is 10.2. The Morgan fingerprint density at radius 2 is 1.71 bits per heavy atom. The molecule has 11 heteroatoms. The van der Waals surface area contributed by atoms with Crippen molar-refractivity contribution in [2.45, 2.75) is 4.21 Å². The number of benzene rings is 1. The fourth-order valence-corrected chi connectivity index (χ4v) is 6.28. The summed E-state index contributed by atoms with van der Waals surface area (Å²) in [7, 11) is -3.54. The first-order chi connectivity index (χ1) is 13.3. The SMILES string of the molecule is NC(=O)c1ccc(OCC(=O)N2CCN(S(=O)(=O)c3ccc(Br)s3)CC2)cc1. The Morgan fingerprint density at radius 3 is 2.25 bits per heavy atom. The molecule has 0 radical (unpaired) electrons. The summed E-state index contributed by atoms with van der Waals surface area (Å²) in [4.78, 5) is 25.0. The van der Waals surface area contributed by atoms with Crippen LogP contribution >= 0.6 is 27.3 Å². The maximum Gasteiger partial charge on any atom is 0.260 e. The number of sulfonamides is 1. The summed E-state index contributed by atoms with van der Waals surface area (Å²) in [5.74, 6) is -0.317. The number of nitrogens with zero attached hydrogens (tertiary/aromatic N) is 2. The number of hydrogen-bond donors (Lipinski definition) is 1. The molecular weight excluding hydrogens is 470 g/mol. The summed E-state index contributed by atoms with van der Waals surface area (Å²) in [5, 5.41) is 0. The van der Waals surface area contributed by atoms with Crippen LogP contribution in [-0.2, 0) is 14.8 Å². The van der Waals surface area contributed by atoms with Gasteiger partial charge in [0.2, 0.25) is 5.91 Å². The first kappa shape index (κ1) is 20.8. The molecule has 2 aromatic rings. The lowest BCUT2D eigenvalue weighted by molar-refractivity contribution is -0.134. The van der Waals surface area contributed by atoms with E-state index in [0.29, 0.717) is 24.4 Å². The van der Waals surface area contributed by atoms with Gasteiger partial charge in [-0.05, 0) is 52.3 Å². The molecule has 2 N–H and O–H groups in total. The van der Waals surface area contributed by atoms with Gasteiger partial charge in [0.05, 0.1) is 3.79 Å². The molecule has 1 aromatic carbocycles. The third kappa shape index (κ3) is 4.72. The van der Waals surface area contributed by atoms with E-state index in [1.54, 1.807) is 29.2 Å². The standard InChI is InChI=1S/C17H18BrN3O5S2/c18-14-5-6-16(27-14)28(24,25)21-9-7-20(8-10-21)15(22)11-26-13-3-1-12(2-4-13)17(19)23/h1-6H,7-11H2,(H2,19,23). The molecule has 2 amide bonds. The van der Waals surface area contributed by atoms with Crippen molar-refractivity contribution in [2.24, 2.45) is 5.73 Å². The molecule has 1 saturated heterocycles. The minimum Gasteiger partial charge on any atom is -0.484 e. The second kappa shape index (κ2) is 8.60. The van der Waals surface area contributed by atoms with Crippen LogP contribution in [0.4, 0.5) is 0 Å². The van der Waals surface area contributed by atoms with Crippen molar-refractivity contribution >= 4 is 49.1 Å². The van der Waals surface area contributed by atoms with E-state index in [2.05, 4.69) is 15.9 Å². The number of nitrogens with two attached hydrogens (primary N) is 1. The van der Waals surface area contributed by atoms with E-state index in [0.717, 1.165) is 15.1 Å². The molecule has 1 fully saturated rings. The molecule has 0 unspecified atom stereocenters. The zero-order valence-corrected chi connectivity index (χ0v) is 17.9. The van der Waals surface area contributed by atoms with E-state index in [1.807, 2.05) is 0 Å². The third-order valence-corrected chi connectivity index (χ3v) is 8.22. The van der Waals surface area contributed by atoms with Crippen molar-refractivity contribution in [1.82, 2.24) is 9.21 Å². The first-order valence-corrected chi connectivity index (χ1v) is 11.4. The van der Waals surface area contributed by atoms with Crippen LogP contribution in [-0.4, -0.2) is 62.2 Å². The summed E-state index contributed by atoms with van der Waals surface area (Å²) < 4.78 is 33.1. The van der Waals surface area contributed by atoms with E-state index in [1.165, 1.54) is 16.4 Å². The number of carbonyl (C=O) groups is 2. The van der Waals surface area contributed by atoms with Gasteiger partial charge in [-0.15, -0.1) is 11.3 Å². The quantitative estimate of drug-likeness (QED) is 0.663. The summed E-state index contributed by atoms with van der Waals surface area (Å²) in [6.07, 6.45) is 0. The maximum absolute atomic E-state index is 12.6. The minimum atomic E-state index is -3.54. The van der Waals surface area contributed by atoms with Gasteiger partial charge in [0.15, 0.2) is 6.61 Å². The molecule has 8 nitrogen and oxygen atoms in total. The van der Waals surface area contributed by atoms with E-state index < -0.39 is 15.9 Å². The fourth-order valence-electron chi connectivity index (χ4n) is 2.69. The Morgan fingerprint density at radius 1 is 1.07 bits per heavy atom. The molecule has 0 atom stereocenters. The first-order valence-electron chi connectivity index (χ1n) is 8.33. The molecule has 0 saturated carbocycles. The molecule has 1 aromatic heterocycles. The molecule has 150 valence electrons. The van der Waals surface area contributed by atoms with Crippen LogP contribution in [0.1, 0.15) is 10.4 Å². The molecule has 3 rings (SSSR count). The van der Waals surface area contributed by atoms with Crippen molar-refractivity contribution in [1.29, 1.82) is 0 Å². The summed E-state index contributed by atoms with van der Waals surface area (Å²) in [6.45, 7) is 0.900. The molecule has 0 bridgehead atoms. The van der Waals surface area contributed by atoms with Gasteiger partial charge in [-0.1, -0.05) is 0 Å². The third-order valence-electron chi connectivity index (χ3n) is 4.24. The Hall–Kier alpha value is -1.95. The van der Waals surface area contributed by atoms with Gasteiger partial charge in [-0.25, -0.2) is 8.42 Å². The van der Waals surface area contributed by atoms with Gasteiger partial charge < -0.3 is 15.4 Å². The van der Waals surface area contributed by atoms with Crippen LogP contribution < -0.4 is 10.5 Å². The van der Waals surface area contributed by atoms with Crippen LogP contribution in [0.3, 0.4) is 0 Å². The molecule has 1 aliphatic heterocycles. The molecule has 2 heterocycles. The summed E-state index contributed by atoms with van der Waals surface area (Å²) in [5.41, 5.74) is 5.53. The van der Waals surface area contributed by atoms with Crippen molar-refractivity contribution in [3.05, 3.63) is 45.7 Å². The number of thiophene rings is 1. The van der Waals surface area contributed by atoms with Crippen LogP contribution in [0.25, 0.3) is 0 Å². The van der Waals surface area contributed by atoms with E-state index in [4.69, 9.17) is 10.5 Å². The van der Waals surface area contributed by atoms with E-state index in [9.17, 15) is 18.0 Å². The topological polar surface area (TPSA) is 110 Å². The summed E-state index contributed by atoms with van der Waals surface area (Å²) >= 11 is 4.43. The van der Waals surface area contributed by atoms with Crippen molar-refractivity contribution in [3.63, 3.8) is 0 Å². The Balaban J connectivity index is 1.51. The van der Waals surface area contributed by atoms with E-state index in [-0.39, 0.29) is 29.8 Å². The number of amides is 2. The highest BCUT2D eigenvalue weighted by Gasteiger charge is 2.31. The van der Waals surface area contributed by atoms with Crippen LogP contribution in [0.15, 0.2) is 44.4 Å². The predicted octanol–water partition coefficient (Wildman–Crippen LogP) is 1.52. The zero-order valence-electron chi connectivity index (χ0n) is 14.7. The molecule has 0 aliphatic carbocycles. The highest BCUT2D eigenvalue weighted by atomic mass is 79.9. The zero-order chi connectivity index (χ0) is 20.3. The Bertz CT molecular complexity index is 967. The monoisotopic (exact) mass is 487 g/mol. The number of ether oxygens (including phenoxy) is 1. The van der Waals surface area contributed by atoms with Gasteiger partial charge >= 0.3 is 0 Å². The fraction of sp³-hybridized carbons (Fsp3) is 0.294. The van der Waals surface area contributed by atoms with Crippen LogP contribution in [0.5, 0.6) is 5.75 Å². The van der Waals surface area contributed by atoms with Crippen molar-refractivity contribution in [3.8, 4) is 5.75 Å². The predicted molar refractivity (Wildman–Crippen MR) is 108 cm³/mol. The molecule has 28 heavy (non-hydrogen) atoms. The van der Waals surface area contributed by atoms with Crippen LogP contribution in [0.2, 0.25) is 0 Å². The highest BCUT2D eigenvalue weighted by Crippen LogP contribution is 2.29. The largest absolute Gasteiger partial charge is 0.484 e. The highest BCUT2D eigenvalue weighted by molar-refractivity contribution is 9.11. The Labute approximate surface area is 175 Å². The second-order valence-corrected chi connectivity index (χ2v) is 10.6. The lowest BCUT2D eigenvalue weighted by Gasteiger charge is -2.33. The number of halogens is 1. The van der Waals surface area contributed by atoms with E-state index >= 15 is 0 Å². The smallest absolute Gasteiger partial charge is 0.260 e. The lowest BCUT2D eigenvalue weighted by Crippen LogP contribution is -2.51. The molecule has 1 aliphatic rings. The normalized spacial score (nSPS) is 15.4. The van der Waals surface area contributed by atoms with Crippen molar-refractivity contribution in [2.75, 3.05) is 32.8 Å². The van der Waals surface area contributed by atoms with Gasteiger partial charge in [0.1, 0.15) is 9.96 Å². The minimum absolute atomic E-state index is 0.166. The number of rotatable bonds is 6. The number of carbonyl (C=O) groups excluding carboxylic acids is 2.